The summed E-state index contributed by atoms with van der Waals surface area (Å²) >= 11 is 1.54. The van der Waals surface area contributed by atoms with Crippen molar-refractivity contribution in [1.29, 1.82) is 0 Å². The van der Waals surface area contributed by atoms with Crippen LogP contribution >= 0.6 is 11.8 Å². The monoisotopic (exact) mass is 380 g/mol. The van der Waals surface area contributed by atoms with E-state index >= 15 is 0 Å². The third-order valence-corrected chi connectivity index (χ3v) is 5.42. The Morgan fingerprint density at radius 1 is 1.22 bits per heavy atom. The topological polar surface area (TPSA) is 66.3 Å². The van der Waals surface area contributed by atoms with Gasteiger partial charge in [-0.1, -0.05) is 49.0 Å². The second-order valence-electron chi connectivity index (χ2n) is 6.20. The van der Waals surface area contributed by atoms with Gasteiger partial charge in [-0.2, -0.15) is 0 Å². The maximum Gasteiger partial charge on any atom is 0.276 e. The number of hydrogen-bond donors (Lipinski definition) is 1. The fourth-order valence-corrected chi connectivity index (χ4v) is 3.82. The van der Waals surface area contributed by atoms with E-state index < -0.39 is 6.17 Å². The van der Waals surface area contributed by atoms with Crippen LogP contribution < -0.4 is 20.6 Å². The Hall–Kier alpha value is -2.80. The average Bonchev–Trinajstić information content (AvgIpc) is 2.71. The molecule has 2 heterocycles. The van der Waals surface area contributed by atoms with Gasteiger partial charge in [0.2, 0.25) is 0 Å². The number of methoxy groups -OCH3 is 1. The lowest BCUT2D eigenvalue weighted by atomic mass is 10.1. The largest absolute Gasteiger partial charge is 0.497 e. The van der Waals surface area contributed by atoms with Crippen LogP contribution in [0, 0.1) is 0 Å². The van der Waals surface area contributed by atoms with Crippen LogP contribution in [-0.4, -0.2) is 28.9 Å². The molecule has 0 saturated heterocycles. The molecule has 7 heteroatoms. The number of nitrogens with one attached hydrogen (secondary N) is 1. The van der Waals surface area contributed by atoms with Crippen molar-refractivity contribution in [2.24, 2.45) is 10.1 Å². The number of carbonyl (C=O) groups excluding carboxylic acids is 1. The van der Waals surface area contributed by atoms with Crippen molar-refractivity contribution in [3.63, 3.8) is 0 Å². The molecule has 0 saturated carbocycles. The van der Waals surface area contributed by atoms with Gasteiger partial charge in [-0.05, 0) is 24.6 Å². The van der Waals surface area contributed by atoms with Gasteiger partial charge < -0.3 is 4.74 Å². The molecule has 1 N–H and O–H groups in total. The zero-order chi connectivity index (χ0) is 18.8. The number of amides is 1. The van der Waals surface area contributed by atoms with Gasteiger partial charge in [0.05, 0.1) is 12.5 Å². The minimum absolute atomic E-state index is 0.154. The number of nitrogens with zero attached hydrogens (tertiary/aromatic N) is 3. The average molecular weight is 380 g/mol. The summed E-state index contributed by atoms with van der Waals surface area (Å²) in [5, 5.41) is 11.5. The predicted molar refractivity (Wildman–Crippen MR) is 107 cm³/mol. The Balaban J connectivity index is 1.89. The molecule has 0 aliphatic carbocycles. The standard InChI is InChI=1S/C20H20N4O2S/c1-3-11-27-20-22-19(25)17-15-9-4-5-10-16(15)21-18(24(17)23-20)13-7-6-8-14(12-13)26-2/h4-10,12,18H,3,11H2,1-2H3,(H,22,23,25). The number of para-hydroxylation sites is 1. The number of carbonyl (C=O) groups is 1. The minimum atomic E-state index is -0.423. The summed E-state index contributed by atoms with van der Waals surface area (Å²) in [5.74, 6) is 1.48. The first-order chi connectivity index (χ1) is 13.2. The Labute approximate surface area is 161 Å². The summed E-state index contributed by atoms with van der Waals surface area (Å²) in [6.45, 7) is 2.10. The van der Waals surface area contributed by atoms with Crippen molar-refractivity contribution in [3.05, 3.63) is 64.7 Å². The SMILES string of the molecule is CCCSC1=NN2C(=c3ccccc3=NC2c2cccc(OC)c2)C(=O)N1. The van der Waals surface area contributed by atoms with Gasteiger partial charge in [-0.15, -0.1) is 5.10 Å². The lowest BCUT2D eigenvalue weighted by Crippen LogP contribution is -2.50. The number of benzene rings is 2. The quantitative estimate of drug-likeness (QED) is 0.881. The van der Waals surface area contributed by atoms with Gasteiger partial charge >= 0.3 is 0 Å². The van der Waals surface area contributed by atoms with Gasteiger partial charge in [-0.3, -0.25) is 15.1 Å². The van der Waals surface area contributed by atoms with Crippen LogP contribution in [0.25, 0.3) is 5.70 Å². The molecule has 2 aliphatic heterocycles. The van der Waals surface area contributed by atoms with E-state index in [2.05, 4.69) is 12.2 Å². The maximum atomic E-state index is 12.9. The lowest BCUT2D eigenvalue weighted by Gasteiger charge is -2.34. The summed E-state index contributed by atoms with van der Waals surface area (Å²) in [6, 6.07) is 15.4. The number of hydrazone groups is 1. The summed E-state index contributed by atoms with van der Waals surface area (Å²) in [4.78, 5) is 17.8. The third kappa shape index (κ3) is 3.30. The molecule has 2 aliphatic rings. The fourth-order valence-electron chi connectivity index (χ4n) is 3.11. The summed E-state index contributed by atoms with van der Waals surface area (Å²) in [5.41, 5.74) is 1.44. The third-order valence-electron chi connectivity index (χ3n) is 4.35. The van der Waals surface area contributed by atoms with Crippen molar-refractivity contribution in [2.45, 2.75) is 19.5 Å². The van der Waals surface area contributed by atoms with E-state index in [1.54, 1.807) is 12.1 Å². The first kappa shape index (κ1) is 17.6. The van der Waals surface area contributed by atoms with Gasteiger partial charge in [0.25, 0.3) is 5.91 Å². The van der Waals surface area contributed by atoms with Crippen LogP contribution in [0.15, 0.2) is 58.6 Å². The predicted octanol–water partition coefficient (Wildman–Crippen LogP) is 1.98. The molecule has 0 spiro atoms. The number of amidine groups is 1. The minimum Gasteiger partial charge on any atom is -0.497 e. The Bertz CT molecular complexity index is 1030. The van der Waals surface area contributed by atoms with Crippen molar-refractivity contribution in [1.82, 2.24) is 10.3 Å². The van der Waals surface area contributed by atoms with Crippen LogP contribution in [0.4, 0.5) is 0 Å². The molecule has 1 atom stereocenters. The smallest absolute Gasteiger partial charge is 0.276 e. The normalized spacial score (nSPS) is 18.1. The van der Waals surface area contributed by atoms with E-state index in [1.165, 1.54) is 11.8 Å². The highest BCUT2D eigenvalue weighted by atomic mass is 32.2. The molecule has 0 bridgehead atoms. The molecule has 0 aromatic heterocycles. The van der Waals surface area contributed by atoms with Crippen LogP contribution in [0.3, 0.4) is 0 Å². The van der Waals surface area contributed by atoms with Crippen molar-refractivity contribution < 1.29 is 9.53 Å². The van der Waals surface area contributed by atoms with Gasteiger partial charge in [0, 0.05) is 16.5 Å². The van der Waals surface area contributed by atoms with Gasteiger partial charge in [-0.25, -0.2) is 5.01 Å². The Kier molecular flexibility index (Phi) is 4.85. The van der Waals surface area contributed by atoms with Crippen LogP contribution in [-0.2, 0) is 4.79 Å². The molecule has 138 valence electrons. The van der Waals surface area contributed by atoms with E-state index in [9.17, 15) is 4.79 Å². The van der Waals surface area contributed by atoms with Crippen LogP contribution in [0.2, 0.25) is 0 Å². The zero-order valence-corrected chi connectivity index (χ0v) is 16.0. The first-order valence-electron chi connectivity index (χ1n) is 8.84. The van der Waals surface area contributed by atoms with E-state index in [-0.39, 0.29) is 5.91 Å². The van der Waals surface area contributed by atoms with E-state index in [1.807, 2.05) is 48.5 Å². The van der Waals surface area contributed by atoms with Crippen molar-refractivity contribution in [3.8, 4) is 5.75 Å². The number of ether oxygens (including phenoxy) is 1. The second-order valence-corrected chi connectivity index (χ2v) is 7.28. The molecule has 0 fully saturated rings. The molecule has 6 nitrogen and oxygen atoms in total. The number of hydrogen-bond acceptors (Lipinski definition) is 6. The van der Waals surface area contributed by atoms with Gasteiger partial charge in [0.15, 0.2) is 11.3 Å². The number of rotatable bonds is 4. The molecule has 1 unspecified atom stereocenters. The zero-order valence-electron chi connectivity index (χ0n) is 15.2. The lowest BCUT2D eigenvalue weighted by molar-refractivity contribution is -0.116. The summed E-state index contributed by atoms with van der Waals surface area (Å²) in [6.07, 6.45) is 0.580. The molecule has 0 radical (unpaired) electrons. The molecule has 2 aromatic rings. The van der Waals surface area contributed by atoms with E-state index in [4.69, 9.17) is 14.8 Å². The summed E-state index contributed by atoms with van der Waals surface area (Å²) < 4.78 is 5.36. The molecule has 1 amide bonds. The van der Waals surface area contributed by atoms with Crippen LogP contribution in [0.1, 0.15) is 25.1 Å². The summed E-state index contributed by atoms with van der Waals surface area (Å²) in [7, 11) is 1.63. The molecular formula is C20H20N4O2S. The number of thioether (sulfide) groups is 1. The molecular weight excluding hydrogens is 360 g/mol. The highest BCUT2D eigenvalue weighted by Gasteiger charge is 2.34. The molecule has 27 heavy (non-hydrogen) atoms. The molecule has 2 aromatic carbocycles. The Morgan fingerprint density at radius 3 is 2.89 bits per heavy atom. The number of fused-ring (bicyclic) bond motifs is 2. The fraction of sp³-hybridized carbons (Fsp3) is 0.250. The second kappa shape index (κ2) is 7.44. The first-order valence-corrected chi connectivity index (χ1v) is 9.83. The Morgan fingerprint density at radius 2 is 2.07 bits per heavy atom. The maximum absolute atomic E-state index is 12.9. The van der Waals surface area contributed by atoms with E-state index in [0.29, 0.717) is 10.9 Å². The van der Waals surface area contributed by atoms with Crippen molar-refractivity contribution >= 4 is 28.5 Å². The van der Waals surface area contributed by atoms with E-state index in [0.717, 1.165) is 34.1 Å². The molecule has 4 rings (SSSR count). The van der Waals surface area contributed by atoms with Crippen molar-refractivity contribution in [2.75, 3.05) is 12.9 Å². The highest BCUT2D eigenvalue weighted by Crippen LogP contribution is 2.32. The highest BCUT2D eigenvalue weighted by molar-refractivity contribution is 8.13. The van der Waals surface area contributed by atoms with Crippen LogP contribution in [0.5, 0.6) is 5.75 Å². The van der Waals surface area contributed by atoms with Gasteiger partial charge in [0.1, 0.15) is 11.4 Å².